The van der Waals surface area contributed by atoms with Gasteiger partial charge in [-0.1, -0.05) is 13.8 Å². The Morgan fingerprint density at radius 3 is 2.57 bits per heavy atom. The SMILES string of the molecule is CCOc1cc(C(=O)OCC(=O)N[C@@H]2CCS(=O)(=O)C2)ccc1OCC(C)C. The largest absolute Gasteiger partial charge is 0.490 e. The van der Waals surface area contributed by atoms with Gasteiger partial charge in [0.1, 0.15) is 0 Å². The summed E-state index contributed by atoms with van der Waals surface area (Å²) in [7, 11) is -3.09. The van der Waals surface area contributed by atoms with Gasteiger partial charge in [0.25, 0.3) is 5.91 Å². The van der Waals surface area contributed by atoms with Crippen molar-refractivity contribution in [1.29, 1.82) is 0 Å². The second kappa shape index (κ2) is 9.77. The van der Waals surface area contributed by atoms with Crippen LogP contribution in [0.5, 0.6) is 11.5 Å². The van der Waals surface area contributed by atoms with Gasteiger partial charge in [-0.25, -0.2) is 13.2 Å². The third kappa shape index (κ3) is 6.70. The first-order valence-electron chi connectivity index (χ1n) is 9.26. The molecule has 1 aliphatic heterocycles. The molecule has 28 heavy (non-hydrogen) atoms. The smallest absolute Gasteiger partial charge is 0.338 e. The highest BCUT2D eigenvalue weighted by atomic mass is 32.2. The molecule has 0 saturated carbocycles. The summed E-state index contributed by atoms with van der Waals surface area (Å²) in [4.78, 5) is 24.1. The van der Waals surface area contributed by atoms with E-state index in [1.165, 1.54) is 6.07 Å². The molecule has 9 heteroatoms. The molecule has 1 amide bonds. The van der Waals surface area contributed by atoms with Gasteiger partial charge in [0, 0.05) is 6.04 Å². The first-order chi connectivity index (χ1) is 13.2. The minimum Gasteiger partial charge on any atom is -0.490 e. The van der Waals surface area contributed by atoms with Gasteiger partial charge in [0.15, 0.2) is 27.9 Å². The second-order valence-electron chi connectivity index (χ2n) is 7.04. The van der Waals surface area contributed by atoms with Gasteiger partial charge < -0.3 is 19.5 Å². The molecular weight excluding hydrogens is 386 g/mol. The number of sulfone groups is 1. The average molecular weight is 413 g/mol. The number of hydrogen-bond donors (Lipinski definition) is 1. The van der Waals surface area contributed by atoms with Crippen LogP contribution >= 0.6 is 0 Å². The average Bonchev–Trinajstić information content (AvgIpc) is 2.97. The second-order valence-corrected chi connectivity index (χ2v) is 9.27. The molecule has 1 aromatic carbocycles. The number of carbonyl (C=O) groups is 2. The lowest BCUT2D eigenvalue weighted by atomic mass is 10.2. The van der Waals surface area contributed by atoms with Crippen molar-refractivity contribution in [2.75, 3.05) is 31.3 Å². The van der Waals surface area contributed by atoms with E-state index in [1.54, 1.807) is 12.1 Å². The minimum absolute atomic E-state index is 0.0587. The first kappa shape index (κ1) is 22.0. The van der Waals surface area contributed by atoms with Crippen LogP contribution in [0, 0.1) is 5.92 Å². The minimum atomic E-state index is -3.09. The highest BCUT2D eigenvalue weighted by Gasteiger charge is 2.29. The van der Waals surface area contributed by atoms with E-state index in [4.69, 9.17) is 14.2 Å². The maximum Gasteiger partial charge on any atom is 0.338 e. The van der Waals surface area contributed by atoms with Gasteiger partial charge in [0.2, 0.25) is 0 Å². The number of rotatable bonds is 9. The highest BCUT2D eigenvalue weighted by Crippen LogP contribution is 2.29. The molecule has 1 atom stereocenters. The van der Waals surface area contributed by atoms with E-state index in [2.05, 4.69) is 5.32 Å². The molecule has 1 heterocycles. The zero-order valence-corrected chi connectivity index (χ0v) is 17.2. The predicted molar refractivity (Wildman–Crippen MR) is 103 cm³/mol. The summed E-state index contributed by atoms with van der Waals surface area (Å²) >= 11 is 0. The molecule has 1 aromatic rings. The number of amides is 1. The number of carbonyl (C=O) groups excluding carboxylic acids is 2. The van der Waals surface area contributed by atoms with Gasteiger partial charge in [-0.2, -0.15) is 0 Å². The molecule has 1 fully saturated rings. The lowest BCUT2D eigenvalue weighted by molar-refractivity contribution is -0.124. The summed E-state index contributed by atoms with van der Waals surface area (Å²) in [5.74, 6) is 0.0757. The van der Waals surface area contributed by atoms with Gasteiger partial charge in [0.05, 0.1) is 30.3 Å². The molecule has 0 bridgehead atoms. The number of ether oxygens (including phenoxy) is 3. The molecule has 0 aliphatic carbocycles. The van der Waals surface area contributed by atoms with Crippen molar-refractivity contribution in [2.45, 2.75) is 33.2 Å². The highest BCUT2D eigenvalue weighted by molar-refractivity contribution is 7.91. The van der Waals surface area contributed by atoms with Crippen molar-refractivity contribution in [3.63, 3.8) is 0 Å². The molecule has 1 N–H and O–H groups in total. The fourth-order valence-electron chi connectivity index (χ4n) is 2.67. The Labute approximate surface area is 165 Å². The van der Waals surface area contributed by atoms with Gasteiger partial charge in [-0.05, 0) is 37.5 Å². The molecule has 0 radical (unpaired) electrons. The quantitative estimate of drug-likeness (QED) is 0.612. The lowest BCUT2D eigenvalue weighted by Crippen LogP contribution is -2.38. The first-order valence-corrected chi connectivity index (χ1v) is 11.1. The van der Waals surface area contributed by atoms with Crippen LogP contribution in [-0.4, -0.2) is 57.7 Å². The number of hydrogen-bond acceptors (Lipinski definition) is 7. The molecule has 156 valence electrons. The topological polar surface area (TPSA) is 108 Å². The van der Waals surface area contributed by atoms with E-state index < -0.39 is 34.4 Å². The third-order valence-electron chi connectivity index (χ3n) is 3.98. The third-order valence-corrected chi connectivity index (χ3v) is 5.75. The summed E-state index contributed by atoms with van der Waals surface area (Å²) in [5, 5.41) is 2.57. The predicted octanol–water partition coefficient (Wildman–Crippen LogP) is 1.58. The Hall–Kier alpha value is -2.29. The number of nitrogens with one attached hydrogen (secondary N) is 1. The van der Waals surface area contributed by atoms with Gasteiger partial charge in [-0.15, -0.1) is 0 Å². The molecule has 8 nitrogen and oxygen atoms in total. The van der Waals surface area contributed by atoms with E-state index in [-0.39, 0.29) is 17.1 Å². The monoisotopic (exact) mass is 413 g/mol. The van der Waals surface area contributed by atoms with E-state index in [9.17, 15) is 18.0 Å². The summed E-state index contributed by atoms with van der Waals surface area (Å²) in [6.45, 7) is 6.32. The van der Waals surface area contributed by atoms with Crippen LogP contribution in [0.2, 0.25) is 0 Å². The zero-order chi connectivity index (χ0) is 20.7. The van der Waals surface area contributed by atoms with Crippen molar-refractivity contribution >= 4 is 21.7 Å². The fraction of sp³-hybridized carbons (Fsp3) is 0.579. The van der Waals surface area contributed by atoms with E-state index >= 15 is 0 Å². The van der Waals surface area contributed by atoms with E-state index in [0.29, 0.717) is 37.1 Å². The van der Waals surface area contributed by atoms with Gasteiger partial charge >= 0.3 is 5.97 Å². The molecule has 0 spiro atoms. The van der Waals surface area contributed by atoms with Crippen molar-refractivity contribution in [2.24, 2.45) is 5.92 Å². The zero-order valence-electron chi connectivity index (χ0n) is 16.4. The van der Waals surface area contributed by atoms with E-state index in [0.717, 1.165) is 0 Å². The van der Waals surface area contributed by atoms with Crippen molar-refractivity contribution < 1.29 is 32.2 Å². The Bertz CT molecular complexity index is 805. The molecule has 1 saturated heterocycles. The Morgan fingerprint density at radius 2 is 1.96 bits per heavy atom. The lowest BCUT2D eigenvalue weighted by Gasteiger charge is -2.14. The van der Waals surface area contributed by atoms with Crippen LogP contribution in [0.1, 0.15) is 37.6 Å². The summed E-state index contributed by atoms with van der Waals surface area (Å²) < 4.78 is 39.1. The Balaban J connectivity index is 1.92. The maximum atomic E-state index is 12.2. The Kier molecular flexibility index (Phi) is 7.68. The van der Waals surface area contributed by atoms with Crippen molar-refractivity contribution in [3.05, 3.63) is 23.8 Å². The van der Waals surface area contributed by atoms with Crippen LogP contribution in [0.15, 0.2) is 18.2 Å². The summed E-state index contributed by atoms with van der Waals surface area (Å²) in [6.07, 6.45) is 0.373. The van der Waals surface area contributed by atoms with Crippen LogP contribution in [0.4, 0.5) is 0 Å². The van der Waals surface area contributed by atoms with Crippen LogP contribution in [-0.2, 0) is 19.4 Å². The Morgan fingerprint density at radius 1 is 1.21 bits per heavy atom. The fourth-order valence-corrected chi connectivity index (χ4v) is 4.34. The van der Waals surface area contributed by atoms with E-state index in [1.807, 2.05) is 20.8 Å². The number of benzene rings is 1. The number of esters is 1. The standard InChI is InChI=1S/C19H27NO7S/c1-4-25-17-9-14(5-6-16(17)26-10-13(2)3)19(22)27-11-18(21)20-15-7-8-28(23,24)12-15/h5-6,9,13,15H,4,7-8,10-12H2,1-3H3,(H,20,21)/t15-/m1/s1. The van der Waals surface area contributed by atoms with Crippen LogP contribution in [0.25, 0.3) is 0 Å². The summed E-state index contributed by atoms with van der Waals surface area (Å²) in [5.41, 5.74) is 0.233. The van der Waals surface area contributed by atoms with Gasteiger partial charge in [-0.3, -0.25) is 4.79 Å². The molecule has 0 unspecified atom stereocenters. The van der Waals surface area contributed by atoms with Crippen molar-refractivity contribution in [1.82, 2.24) is 5.32 Å². The molecular formula is C19H27NO7S. The normalized spacial score (nSPS) is 17.9. The summed E-state index contributed by atoms with van der Waals surface area (Å²) in [6, 6.07) is 4.26. The van der Waals surface area contributed by atoms with Crippen molar-refractivity contribution in [3.8, 4) is 11.5 Å². The molecule has 1 aliphatic rings. The molecule has 2 rings (SSSR count). The maximum absolute atomic E-state index is 12.2. The molecule has 0 aromatic heterocycles. The van der Waals surface area contributed by atoms with Crippen LogP contribution < -0.4 is 14.8 Å². The van der Waals surface area contributed by atoms with Crippen LogP contribution in [0.3, 0.4) is 0 Å².